The van der Waals surface area contributed by atoms with Crippen LogP contribution in [0, 0.1) is 0 Å². The molecule has 232 valence electrons. The van der Waals surface area contributed by atoms with Crippen LogP contribution in [0.2, 0.25) is 0 Å². The Kier molecular flexibility index (Phi) is 9.07. The third-order valence-electron chi connectivity index (χ3n) is 8.15. The van der Waals surface area contributed by atoms with E-state index in [-0.39, 0.29) is 42.7 Å². The van der Waals surface area contributed by atoms with Crippen LogP contribution in [0.5, 0.6) is 5.75 Å². The predicted molar refractivity (Wildman–Crippen MR) is 175 cm³/mol. The molecule has 0 aliphatic carbocycles. The SMILES string of the molecule is O=C1N(CCS(=O)(=O)c2ccccc2)Cc2ccccc2C[C@]12N=C(c1ccc(OCCCO)cc1)O[C@@H]2c1ccccc1Br. The lowest BCUT2D eigenvalue weighted by Gasteiger charge is -2.33. The summed E-state index contributed by atoms with van der Waals surface area (Å²) < 4.78 is 39.7. The molecular weight excluding hydrogens is 656 g/mol. The number of aliphatic hydroxyl groups excluding tert-OH is 1. The molecule has 2 heterocycles. The Balaban J connectivity index is 1.41. The minimum atomic E-state index is -3.64. The summed E-state index contributed by atoms with van der Waals surface area (Å²) in [6.45, 7) is 0.700. The van der Waals surface area contributed by atoms with Gasteiger partial charge >= 0.3 is 0 Å². The number of benzene rings is 4. The molecule has 45 heavy (non-hydrogen) atoms. The van der Waals surface area contributed by atoms with Gasteiger partial charge in [-0.3, -0.25) is 4.79 Å². The van der Waals surface area contributed by atoms with Crippen LogP contribution in [0.1, 0.15) is 34.8 Å². The fourth-order valence-corrected chi connectivity index (χ4v) is 7.58. The summed E-state index contributed by atoms with van der Waals surface area (Å²) in [7, 11) is -3.64. The van der Waals surface area contributed by atoms with E-state index in [9.17, 15) is 13.2 Å². The van der Waals surface area contributed by atoms with Crippen LogP contribution in [-0.4, -0.2) is 61.3 Å². The van der Waals surface area contributed by atoms with Crippen molar-refractivity contribution in [3.63, 3.8) is 0 Å². The summed E-state index contributed by atoms with van der Waals surface area (Å²) >= 11 is 3.67. The molecule has 8 nitrogen and oxygen atoms in total. The zero-order valence-corrected chi connectivity index (χ0v) is 26.9. The molecule has 1 spiro atoms. The largest absolute Gasteiger partial charge is 0.494 e. The Hall–Kier alpha value is -3.99. The Morgan fingerprint density at radius 1 is 0.933 bits per heavy atom. The van der Waals surface area contributed by atoms with Crippen molar-refractivity contribution in [2.75, 3.05) is 25.5 Å². The number of amides is 1. The summed E-state index contributed by atoms with van der Waals surface area (Å²) in [5.41, 5.74) is 1.96. The van der Waals surface area contributed by atoms with E-state index in [0.717, 1.165) is 21.2 Å². The average molecular weight is 690 g/mol. The Morgan fingerprint density at radius 2 is 1.62 bits per heavy atom. The van der Waals surface area contributed by atoms with E-state index in [1.54, 1.807) is 35.2 Å². The third-order valence-corrected chi connectivity index (χ3v) is 10.6. The fourth-order valence-electron chi connectivity index (χ4n) is 5.81. The molecule has 2 aliphatic heterocycles. The highest BCUT2D eigenvalue weighted by Crippen LogP contribution is 2.47. The highest BCUT2D eigenvalue weighted by molar-refractivity contribution is 9.10. The van der Waals surface area contributed by atoms with Crippen LogP contribution in [0.25, 0.3) is 0 Å². The topological polar surface area (TPSA) is 106 Å². The number of hydrogen-bond donors (Lipinski definition) is 1. The molecule has 1 amide bonds. The number of nitrogens with zero attached hydrogens (tertiary/aromatic N) is 2. The number of ether oxygens (including phenoxy) is 2. The van der Waals surface area contributed by atoms with Crippen molar-refractivity contribution in [1.82, 2.24) is 4.90 Å². The summed E-state index contributed by atoms with van der Waals surface area (Å²) in [6, 6.07) is 31.0. The first-order valence-electron chi connectivity index (χ1n) is 14.8. The summed E-state index contributed by atoms with van der Waals surface area (Å²) in [4.78, 5) is 21.8. The molecule has 1 N–H and O–H groups in total. The molecule has 0 aromatic heterocycles. The molecule has 0 saturated carbocycles. The van der Waals surface area contributed by atoms with Crippen LogP contribution >= 0.6 is 15.9 Å². The molecule has 0 fully saturated rings. The van der Waals surface area contributed by atoms with Gasteiger partial charge in [0.2, 0.25) is 5.90 Å². The lowest BCUT2D eigenvalue weighted by Crippen LogP contribution is -2.51. The molecule has 0 unspecified atom stereocenters. The molecule has 6 rings (SSSR count). The normalized spacial score (nSPS) is 19.5. The van der Waals surface area contributed by atoms with Crippen molar-refractivity contribution < 1.29 is 27.8 Å². The van der Waals surface area contributed by atoms with Gasteiger partial charge in [0.1, 0.15) is 5.75 Å². The van der Waals surface area contributed by atoms with E-state index in [1.165, 1.54) is 0 Å². The van der Waals surface area contributed by atoms with Gasteiger partial charge in [-0.05, 0) is 53.6 Å². The number of fused-ring (bicyclic) bond motifs is 1. The number of sulfone groups is 1. The number of rotatable bonds is 10. The zero-order valence-electron chi connectivity index (χ0n) is 24.5. The van der Waals surface area contributed by atoms with E-state index in [4.69, 9.17) is 19.6 Å². The average Bonchev–Trinajstić information content (AvgIpc) is 3.39. The van der Waals surface area contributed by atoms with Gasteiger partial charge in [0.25, 0.3) is 5.91 Å². The first-order chi connectivity index (χ1) is 21.8. The predicted octanol–water partition coefficient (Wildman–Crippen LogP) is 5.53. The number of aliphatic imine (C=N–C) groups is 1. The third kappa shape index (κ3) is 6.40. The smallest absolute Gasteiger partial charge is 0.255 e. The van der Waals surface area contributed by atoms with E-state index < -0.39 is 21.5 Å². The van der Waals surface area contributed by atoms with Crippen molar-refractivity contribution >= 4 is 37.6 Å². The van der Waals surface area contributed by atoms with Gasteiger partial charge in [0.05, 0.1) is 17.3 Å². The second kappa shape index (κ2) is 13.2. The van der Waals surface area contributed by atoms with Gasteiger partial charge in [0.15, 0.2) is 21.5 Å². The lowest BCUT2D eigenvalue weighted by atomic mass is 9.82. The van der Waals surface area contributed by atoms with Crippen molar-refractivity contribution in [2.45, 2.75) is 35.9 Å². The molecule has 4 aromatic rings. The van der Waals surface area contributed by atoms with E-state index in [1.807, 2.05) is 72.8 Å². The van der Waals surface area contributed by atoms with E-state index in [0.29, 0.717) is 30.2 Å². The molecule has 10 heteroatoms. The van der Waals surface area contributed by atoms with Crippen LogP contribution in [-0.2, 0) is 32.3 Å². The van der Waals surface area contributed by atoms with Crippen LogP contribution in [0.4, 0.5) is 0 Å². The second-order valence-electron chi connectivity index (χ2n) is 11.1. The van der Waals surface area contributed by atoms with Gasteiger partial charge in [-0.1, -0.05) is 76.6 Å². The number of halogens is 1. The minimum Gasteiger partial charge on any atom is -0.494 e. The quantitative estimate of drug-likeness (QED) is 0.220. The lowest BCUT2D eigenvalue weighted by molar-refractivity contribution is -0.139. The van der Waals surface area contributed by atoms with Crippen molar-refractivity contribution in [3.05, 3.63) is 130 Å². The number of carbonyl (C=O) groups is 1. The molecular formula is C35H33BrN2O6S. The standard InChI is InChI=1S/C35H33BrN2O6S/c36-31-14-7-6-13-30(31)32-35(37-33(44-32)25-15-17-28(18-16-25)43-21-8-20-39)23-26-9-4-5-10-27(26)24-38(34(35)40)19-22-45(41,42)29-11-2-1-3-12-29/h1-7,9-18,32,39H,8,19-24H2/t32-,35-/m1/s1. The highest BCUT2D eigenvalue weighted by Gasteiger charge is 2.56. The van der Waals surface area contributed by atoms with Gasteiger partial charge in [-0.15, -0.1) is 0 Å². The number of hydrogen-bond acceptors (Lipinski definition) is 7. The maximum atomic E-state index is 14.9. The first-order valence-corrected chi connectivity index (χ1v) is 17.2. The maximum Gasteiger partial charge on any atom is 0.255 e. The van der Waals surface area contributed by atoms with Gasteiger partial charge in [-0.2, -0.15) is 0 Å². The molecule has 0 bridgehead atoms. The Morgan fingerprint density at radius 3 is 2.36 bits per heavy atom. The van der Waals surface area contributed by atoms with E-state index in [2.05, 4.69) is 15.9 Å². The molecule has 0 radical (unpaired) electrons. The van der Waals surface area contributed by atoms with Gasteiger partial charge in [0, 0.05) is 48.1 Å². The summed E-state index contributed by atoms with van der Waals surface area (Å²) in [5, 5.41) is 9.06. The number of aliphatic hydroxyl groups is 1. The Labute approximate surface area is 271 Å². The van der Waals surface area contributed by atoms with Gasteiger partial charge in [-0.25, -0.2) is 13.4 Å². The van der Waals surface area contributed by atoms with Crippen LogP contribution in [0.15, 0.2) is 117 Å². The molecule has 2 atom stereocenters. The minimum absolute atomic E-state index is 0.000443. The molecule has 0 saturated heterocycles. The maximum absolute atomic E-state index is 14.9. The summed E-state index contributed by atoms with van der Waals surface area (Å²) in [5.74, 6) is 0.452. The zero-order chi connectivity index (χ0) is 31.4. The van der Waals surface area contributed by atoms with Crippen LogP contribution in [0.3, 0.4) is 0 Å². The molecule has 4 aromatic carbocycles. The number of carbonyl (C=O) groups excluding carboxylic acids is 1. The summed E-state index contributed by atoms with van der Waals surface area (Å²) in [6.07, 6.45) is 0.0258. The Bertz CT molecular complexity index is 1810. The van der Waals surface area contributed by atoms with E-state index >= 15 is 0 Å². The van der Waals surface area contributed by atoms with Crippen LogP contribution < -0.4 is 4.74 Å². The van der Waals surface area contributed by atoms with Crippen molar-refractivity contribution in [2.24, 2.45) is 4.99 Å². The van der Waals surface area contributed by atoms with Gasteiger partial charge < -0.3 is 19.5 Å². The second-order valence-corrected chi connectivity index (χ2v) is 14.1. The van der Waals surface area contributed by atoms with Crippen molar-refractivity contribution in [3.8, 4) is 5.75 Å². The monoisotopic (exact) mass is 688 g/mol. The fraction of sp³-hybridized carbons (Fsp3) is 0.257. The van der Waals surface area contributed by atoms with Crippen molar-refractivity contribution in [1.29, 1.82) is 0 Å². The highest BCUT2D eigenvalue weighted by atomic mass is 79.9. The molecule has 2 aliphatic rings. The first kappa shape index (κ1) is 31.0.